The Labute approximate surface area is 157 Å². The molecule has 0 bridgehead atoms. The van der Waals surface area contributed by atoms with Crippen molar-refractivity contribution in [2.24, 2.45) is 0 Å². The summed E-state index contributed by atoms with van der Waals surface area (Å²) in [6, 6.07) is 20.3. The number of amides is 2. The van der Waals surface area contributed by atoms with Gasteiger partial charge in [-0.05, 0) is 62.4 Å². The van der Waals surface area contributed by atoms with Crippen LogP contribution in [-0.2, 0) is 0 Å². The van der Waals surface area contributed by atoms with Crippen molar-refractivity contribution >= 4 is 23.4 Å². The summed E-state index contributed by atoms with van der Waals surface area (Å²) in [5, 5.41) is 16.5. The third-order valence-corrected chi connectivity index (χ3v) is 3.43. The van der Waals surface area contributed by atoms with Gasteiger partial charge in [0.1, 0.15) is 11.5 Å². The molecule has 0 aliphatic heterocycles. The molecule has 3 N–H and O–H groups in total. The standard InChI is InChI=1S/C20H21N5O2/c1-14(2)21-20(26)23-19-13-12-18(24-25-19)22-15-8-10-17(11-9-15)27-16-6-4-3-5-7-16/h3-14H,1-2H3,(H,22,24)(H2,21,23,25,26). The number of aromatic nitrogens is 2. The Morgan fingerprint density at radius 3 is 2.11 bits per heavy atom. The number of hydrogen-bond donors (Lipinski definition) is 3. The molecular weight excluding hydrogens is 342 g/mol. The second-order valence-electron chi connectivity index (χ2n) is 6.12. The Hall–Kier alpha value is -3.61. The van der Waals surface area contributed by atoms with Crippen LogP contribution in [0.4, 0.5) is 22.1 Å². The predicted octanol–water partition coefficient (Wildman–Crippen LogP) is 4.54. The molecular formula is C20H21N5O2. The number of carbonyl (C=O) groups excluding carboxylic acids is 1. The van der Waals surface area contributed by atoms with Gasteiger partial charge in [-0.3, -0.25) is 5.32 Å². The molecule has 1 aromatic heterocycles. The summed E-state index contributed by atoms with van der Waals surface area (Å²) in [4.78, 5) is 11.6. The Morgan fingerprint density at radius 1 is 0.852 bits per heavy atom. The lowest BCUT2D eigenvalue weighted by Gasteiger charge is -2.10. The van der Waals surface area contributed by atoms with Crippen molar-refractivity contribution in [2.75, 3.05) is 10.6 Å². The summed E-state index contributed by atoms with van der Waals surface area (Å²) in [6.45, 7) is 3.77. The zero-order valence-electron chi connectivity index (χ0n) is 15.1. The molecule has 2 amide bonds. The second kappa shape index (κ2) is 8.66. The second-order valence-corrected chi connectivity index (χ2v) is 6.12. The van der Waals surface area contributed by atoms with Gasteiger partial charge in [0.2, 0.25) is 0 Å². The van der Waals surface area contributed by atoms with Crippen LogP contribution in [0.5, 0.6) is 11.5 Å². The SMILES string of the molecule is CC(C)NC(=O)Nc1ccc(Nc2ccc(Oc3ccccc3)cc2)nn1. The van der Waals surface area contributed by atoms with E-state index in [4.69, 9.17) is 4.74 Å². The van der Waals surface area contributed by atoms with E-state index in [2.05, 4.69) is 26.1 Å². The number of para-hydroxylation sites is 1. The Balaban J connectivity index is 1.56. The molecule has 0 spiro atoms. The van der Waals surface area contributed by atoms with E-state index in [9.17, 15) is 4.79 Å². The van der Waals surface area contributed by atoms with Crippen LogP contribution >= 0.6 is 0 Å². The third-order valence-electron chi connectivity index (χ3n) is 3.43. The van der Waals surface area contributed by atoms with Crippen LogP contribution in [-0.4, -0.2) is 22.3 Å². The summed E-state index contributed by atoms with van der Waals surface area (Å²) in [6.07, 6.45) is 0. The number of rotatable bonds is 6. The van der Waals surface area contributed by atoms with Crippen molar-refractivity contribution in [2.45, 2.75) is 19.9 Å². The first-order chi connectivity index (χ1) is 13.1. The summed E-state index contributed by atoms with van der Waals surface area (Å²) in [5.41, 5.74) is 0.850. The fraction of sp³-hybridized carbons (Fsp3) is 0.150. The molecule has 0 unspecified atom stereocenters. The number of carbonyl (C=O) groups is 1. The van der Waals surface area contributed by atoms with Crippen LogP contribution in [0.15, 0.2) is 66.7 Å². The Morgan fingerprint density at radius 2 is 1.48 bits per heavy atom. The van der Waals surface area contributed by atoms with E-state index < -0.39 is 0 Å². The summed E-state index contributed by atoms with van der Waals surface area (Å²) < 4.78 is 5.76. The van der Waals surface area contributed by atoms with Gasteiger partial charge < -0.3 is 15.4 Å². The number of hydrogen-bond acceptors (Lipinski definition) is 5. The van der Waals surface area contributed by atoms with Gasteiger partial charge in [0, 0.05) is 11.7 Å². The van der Waals surface area contributed by atoms with Gasteiger partial charge in [0.25, 0.3) is 0 Å². The van der Waals surface area contributed by atoms with E-state index in [-0.39, 0.29) is 12.1 Å². The molecule has 27 heavy (non-hydrogen) atoms. The summed E-state index contributed by atoms with van der Waals surface area (Å²) >= 11 is 0. The fourth-order valence-electron chi connectivity index (χ4n) is 2.26. The van der Waals surface area contributed by atoms with Crippen LogP contribution in [0.3, 0.4) is 0 Å². The molecule has 0 aliphatic rings. The molecule has 0 aliphatic carbocycles. The topological polar surface area (TPSA) is 88.2 Å². The van der Waals surface area contributed by atoms with Gasteiger partial charge in [-0.2, -0.15) is 0 Å². The number of anilines is 3. The van der Waals surface area contributed by atoms with Crippen LogP contribution in [0.1, 0.15) is 13.8 Å². The van der Waals surface area contributed by atoms with Crippen LogP contribution in [0, 0.1) is 0 Å². The number of urea groups is 1. The summed E-state index contributed by atoms with van der Waals surface area (Å²) in [5.74, 6) is 2.48. The minimum atomic E-state index is -0.311. The number of nitrogens with one attached hydrogen (secondary N) is 3. The molecule has 3 aromatic rings. The highest BCUT2D eigenvalue weighted by molar-refractivity contribution is 5.88. The van der Waals surface area contributed by atoms with Crippen molar-refractivity contribution in [3.05, 3.63) is 66.7 Å². The van der Waals surface area contributed by atoms with E-state index in [1.165, 1.54) is 0 Å². The van der Waals surface area contributed by atoms with Crippen molar-refractivity contribution in [1.82, 2.24) is 15.5 Å². The quantitative estimate of drug-likeness (QED) is 0.598. The normalized spacial score (nSPS) is 10.3. The van der Waals surface area contributed by atoms with E-state index in [1.807, 2.05) is 68.4 Å². The molecule has 0 fully saturated rings. The number of ether oxygens (including phenoxy) is 1. The average Bonchev–Trinajstić information content (AvgIpc) is 2.65. The molecule has 1 heterocycles. The van der Waals surface area contributed by atoms with Gasteiger partial charge in [0.05, 0.1) is 0 Å². The highest BCUT2D eigenvalue weighted by Gasteiger charge is 2.05. The fourth-order valence-corrected chi connectivity index (χ4v) is 2.26. The lowest BCUT2D eigenvalue weighted by Crippen LogP contribution is -2.34. The molecule has 0 saturated heterocycles. The molecule has 0 radical (unpaired) electrons. The minimum Gasteiger partial charge on any atom is -0.457 e. The Kier molecular flexibility index (Phi) is 5.84. The molecule has 138 valence electrons. The minimum absolute atomic E-state index is 0.0488. The van der Waals surface area contributed by atoms with Crippen LogP contribution in [0.2, 0.25) is 0 Å². The van der Waals surface area contributed by atoms with Gasteiger partial charge in [-0.15, -0.1) is 10.2 Å². The first-order valence-corrected chi connectivity index (χ1v) is 8.60. The summed E-state index contributed by atoms with van der Waals surface area (Å²) in [7, 11) is 0. The van der Waals surface area contributed by atoms with Crippen molar-refractivity contribution in [3.8, 4) is 11.5 Å². The molecule has 0 saturated carbocycles. The lowest BCUT2D eigenvalue weighted by atomic mass is 10.3. The van der Waals surface area contributed by atoms with Gasteiger partial charge in [-0.1, -0.05) is 18.2 Å². The van der Waals surface area contributed by atoms with Gasteiger partial charge in [-0.25, -0.2) is 4.79 Å². The van der Waals surface area contributed by atoms with Crippen molar-refractivity contribution in [1.29, 1.82) is 0 Å². The zero-order valence-corrected chi connectivity index (χ0v) is 15.1. The van der Waals surface area contributed by atoms with E-state index in [0.29, 0.717) is 11.6 Å². The smallest absolute Gasteiger partial charge is 0.320 e. The predicted molar refractivity (Wildman–Crippen MR) is 106 cm³/mol. The van der Waals surface area contributed by atoms with Crippen LogP contribution < -0.4 is 20.7 Å². The van der Waals surface area contributed by atoms with Crippen molar-refractivity contribution < 1.29 is 9.53 Å². The lowest BCUT2D eigenvalue weighted by molar-refractivity contribution is 0.250. The molecule has 7 nitrogen and oxygen atoms in total. The zero-order chi connectivity index (χ0) is 19.1. The number of nitrogens with zero attached hydrogens (tertiary/aromatic N) is 2. The van der Waals surface area contributed by atoms with E-state index >= 15 is 0 Å². The van der Waals surface area contributed by atoms with Crippen molar-refractivity contribution in [3.63, 3.8) is 0 Å². The first kappa shape index (κ1) is 18.2. The average molecular weight is 363 g/mol. The van der Waals surface area contributed by atoms with E-state index in [1.54, 1.807) is 12.1 Å². The molecule has 7 heteroatoms. The van der Waals surface area contributed by atoms with Gasteiger partial charge in [0.15, 0.2) is 11.6 Å². The van der Waals surface area contributed by atoms with E-state index in [0.717, 1.165) is 17.2 Å². The maximum atomic E-state index is 11.6. The number of benzene rings is 2. The maximum absolute atomic E-state index is 11.6. The molecule has 3 rings (SSSR count). The molecule has 2 aromatic carbocycles. The molecule has 0 atom stereocenters. The van der Waals surface area contributed by atoms with Crippen LogP contribution in [0.25, 0.3) is 0 Å². The largest absolute Gasteiger partial charge is 0.457 e. The highest BCUT2D eigenvalue weighted by atomic mass is 16.5. The monoisotopic (exact) mass is 363 g/mol. The van der Waals surface area contributed by atoms with Gasteiger partial charge >= 0.3 is 6.03 Å². The first-order valence-electron chi connectivity index (χ1n) is 8.60. The maximum Gasteiger partial charge on any atom is 0.320 e. The third kappa shape index (κ3) is 5.71. The highest BCUT2D eigenvalue weighted by Crippen LogP contribution is 2.23. The Bertz CT molecular complexity index is 865.